The summed E-state index contributed by atoms with van der Waals surface area (Å²) in [6.07, 6.45) is 7.03. The highest BCUT2D eigenvalue weighted by Crippen LogP contribution is 2.05. The number of rotatable bonds is 16. The lowest BCUT2D eigenvalue weighted by Gasteiger charge is -2.18. The highest BCUT2D eigenvalue weighted by molar-refractivity contribution is 5.79. The Morgan fingerprint density at radius 2 is 1.69 bits per heavy atom. The molecule has 0 aliphatic heterocycles. The van der Waals surface area contributed by atoms with Crippen molar-refractivity contribution < 1.29 is 14.3 Å². The van der Waals surface area contributed by atoms with Gasteiger partial charge in [-0.3, -0.25) is 9.79 Å². The summed E-state index contributed by atoms with van der Waals surface area (Å²) in [4.78, 5) is 17.8. The van der Waals surface area contributed by atoms with E-state index in [1.807, 2.05) is 6.92 Å². The Balaban J connectivity index is 3.52. The number of likely N-dealkylation sites (N-methyl/N-ethyl adjacent to an activating group) is 1. The van der Waals surface area contributed by atoms with E-state index in [1.54, 1.807) is 14.2 Å². The molecule has 26 heavy (non-hydrogen) atoms. The van der Waals surface area contributed by atoms with Crippen molar-refractivity contribution in [1.29, 1.82) is 0 Å². The number of nitrogens with zero attached hydrogens (tertiary/aromatic N) is 2. The van der Waals surface area contributed by atoms with E-state index >= 15 is 0 Å². The zero-order chi connectivity index (χ0) is 19.5. The topological polar surface area (TPSA) is 75.2 Å². The summed E-state index contributed by atoms with van der Waals surface area (Å²) in [5.41, 5.74) is 0. The first-order valence-electron chi connectivity index (χ1n) is 9.91. The Bertz CT molecular complexity index is 365. The highest BCUT2D eigenvalue weighted by Gasteiger charge is 2.02. The fourth-order valence-electron chi connectivity index (χ4n) is 2.54. The number of hydrogen-bond donors (Lipinski definition) is 2. The van der Waals surface area contributed by atoms with Gasteiger partial charge in [-0.1, -0.05) is 19.3 Å². The summed E-state index contributed by atoms with van der Waals surface area (Å²) < 4.78 is 9.99. The van der Waals surface area contributed by atoms with Crippen LogP contribution in [-0.4, -0.2) is 77.4 Å². The van der Waals surface area contributed by atoms with Crippen LogP contribution in [0.15, 0.2) is 4.99 Å². The van der Waals surface area contributed by atoms with E-state index in [0.717, 1.165) is 77.3 Å². The fraction of sp³-hybridized carbons (Fsp3) is 0.895. The number of aliphatic imine (C=N–C) groups is 1. The van der Waals surface area contributed by atoms with Gasteiger partial charge in [0.15, 0.2) is 5.96 Å². The Morgan fingerprint density at radius 3 is 2.38 bits per heavy atom. The molecule has 0 saturated heterocycles. The molecule has 154 valence electrons. The predicted molar refractivity (Wildman–Crippen MR) is 108 cm³/mol. The van der Waals surface area contributed by atoms with Crippen molar-refractivity contribution in [2.75, 3.05) is 60.6 Å². The maximum atomic E-state index is 11.2. The Hall–Kier alpha value is -1.34. The maximum absolute atomic E-state index is 11.2. The number of carbonyl (C=O) groups excluding carboxylic acids is 1. The molecule has 0 heterocycles. The third-order valence-corrected chi connectivity index (χ3v) is 4.05. The molecule has 0 rings (SSSR count). The molecule has 0 aliphatic rings. The van der Waals surface area contributed by atoms with Crippen LogP contribution in [0.4, 0.5) is 0 Å². The van der Waals surface area contributed by atoms with Crippen LogP contribution >= 0.6 is 0 Å². The maximum Gasteiger partial charge on any atom is 0.305 e. The summed E-state index contributed by atoms with van der Waals surface area (Å²) in [5.74, 6) is 0.783. The van der Waals surface area contributed by atoms with E-state index in [-0.39, 0.29) is 5.97 Å². The molecule has 0 radical (unpaired) electrons. The van der Waals surface area contributed by atoms with Crippen LogP contribution < -0.4 is 10.6 Å². The lowest BCUT2D eigenvalue weighted by molar-refractivity contribution is -0.143. The lowest BCUT2D eigenvalue weighted by Crippen LogP contribution is -2.41. The van der Waals surface area contributed by atoms with Gasteiger partial charge >= 0.3 is 5.97 Å². The molecule has 0 saturated carbocycles. The Morgan fingerprint density at radius 1 is 1.00 bits per heavy atom. The highest BCUT2D eigenvalue weighted by atomic mass is 16.5. The first-order valence-corrected chi connectivity index (χ1v) is 9.91. The van der Waals surface area contributed by atoms with Crippen LogP contribution in [-0.2, 0) is 14.3 Å². The molecule has 0 amide bonds. The third-order valence-electron chi connectivity index (χ3n) is 4.05. The SMILES string of the molecule is CCOC(=O)CCCCCCCNC(=NC)NCCN(C)CCCOC. The standard InChI is InChI=1S/C19H40N4O3/c1-5-26-18(24)12-9-7-6-8-10-13-21-19(20-2)22-14-16-23(3)15-11-17-25-4/h5-17H2,1-4H3,(H2,20,21,22). The quantitative estimate of drug-likeness (QED) is 0.187. The van der Waals surface area contributed by atoms with E-state index in [4.69, 9.17) is 9.47 Å². The molecule has 0 aromatic carbocycles. The summed E-state index contributed by atoms with van der Waals surface area (Å²) in [6.45, 7) is 6.93. The predicted octanol–water partition coefficient (Wildman–Crippen LogP) is 2.02. The first kappa shape index (κ1) is 24.7. The van der Waals surface area contributed by atoms with E-state index in [9.17, 15) is 4.79 Å². The van der Waals surface area contributed by atoms with E-state index in [0.29, 0.717) is 13.0 Å². The number of methoxy groups -OCH3 is 1. The van der Waals surface area contributed by atoms with Gasteiger partial charge in [-0.25, -0.2) is 0 Å². The number of unbranched alkanes of at least 4 members (excludes halogenated alkanes) is 4. The Kier molecular flexibility index (Phi) is 17.5. The van der Waals surface area contributed by atoms with Crippen LogP contribution in [0.5, 0.6) is 0 Å². The lowest BCUT2D eigenvalue weighted by atomic mass is 10.1. The number of nitrogens with one attached hydrogen (secondary N) is 2. The monoisotopic (exact) mass is 372 g/mol. The number of guanidine groups is 1. The minimum absolute atomic E-state index is 0.0756. The molecular weight excluding hydrogens is 332 g/mol. The van der Waals surface area contributed by atoms with Gasteiger partial charge in [0.25, 0.3) is 0 Å². The van der Waals surface area contributed by atoms with Crippen LogP contribution in [0.25, 0.3) is 0 Å². The second-order valence-corrected chi connectivity index (χ2v) is 6.40. The molecule has 0 fully saturated rings. The first-order chi connectivity index (χ1) is 12.6. The molecule has 2 N–H and O–H groups in total. The molecule has 0 bridgehead atoms. The summed E-state index contributed by atoms with van der Waals surface area (Å²) in [5, 5.41) is 6.69. The van der Waals surface area contributed by atoms with Gasteiger partial charge in [0.05, 0.1) is 6.61 Å². The number of esters is 1. The average Bonchev–Trinajstić information content (AvgIpc) is 2.62. The number of carbonyl (C=O) groups is 1. The molecule has 0 unspecified atom stereocenters. The molecule has 0 aromatic heterocycles. The van der Waals surface area contributed by atoms with E-state index < -0.39 is 0 Å². The zero-order valence-electron chi connectivity index (χ0n) is 17.3. The van der Waals surface area contributed by atoms with E-state index in [2.05, 4.69) is 27.6 Å². The van der Waals surface area contributed by atoms with Gasteiger partial charge in [-0.2, -0.15) is 0 Å². The van der Waals surface area contributed by atoms with Crippen molar-refractivity contribution in [2.45, 2.75) is 51.9 Å². The summed E-state index contributed by atoms with van der Waals surface area (Å²) in [6, 6.07) is 0. The second-order valence-electron chi connectivity index (χ2n) is 6.40. The van der Waals surface area contributed by atoms with Crippen LogP contribution in [0, 0.1) is 0 Å². The van der Waals surface area contributed by atoms with Gasteiger partial charge in [0.1, 0.15) is 0 Å². The normalized spacial score (nSPS) is 11.7. The largest absolute Gasteiger partial charge is 0.466 e. The zero-order valence-corrected chi connectivity index (χ0v) is 17.3. The average molecular weight is 373 g/mol. The third kappa shape index (κ3) is 16.1. The minimum Gasteiger partial charge on any atom is -0.466 e. The molecule has 0 spiro atoms. The number of hydrogen-bond acceptors (Lipinski definition) is 5. The van der Waals surface area contributed by atoms with Crippen LogP contribution in [0.3, 0.4) is 0 Å². The summed E-state index contributed by atoms with van der Waals surface area (Å²) >= 11 is 0. The summed E-state index contributed by atoms with van der Waals surface area (Å²) in [7, 11) is 5.66. The Labute approximate surface area is 159 Å². The van der Waals surface area contributed by atoms with Crippen molar-refractivity contribution >= 4 is 11.9 Å². The number of ether oxygens (including phenoxy) is 2. The van der Waals surface area contributed by atoms with E-state index in [1.165, 1.54) is 0 Å². The molecule has 7 heteroatoms. The van der Waals surface area contributed by atoms with Gasteiger partial charge in [-0.05, 0) is 33.2 Å². The molecular formula is C19H40N4O3. The molecule has 0 aliphatic carbocycles. The fourth-order valence-corrected chi connectivity index (χ4v) is 2.54. The minimum atomic E-state index is -0.0756. The van der Waals surface area contributed by atoms with Crippen molar-refractivity contribution in [2.24, 2.45) is 4.99 Å². The molecule has 0 atom stereocenters. The smallest absolute Gasteiger partial charge is 0.305 e. The second kappa shape index (κ2) is 18.5. The van der Waals surface area contributed by atoms with Gasteiger partial charge in [0, 0.05) is 53.4 Å². The molecule has 7 nitrogen and oxygen atoms in total. The van der Waals surface area contributed by atoms with Crippen molar-refractivity contribution in [3.8, 4) is 0 Å². The van der Waals surface area contributed by atoms with Gasteiger partial charge in [-0.15, -0.1) is 0 Å². The van der Waals surface area contributed by atoms with Gasteiger partial charge in [0.2, 0.25) is 0 Å². The van der Waals surface area contributed by atoms with Crippen LogP contribution in [0.1, 0.15) is 51.9 Å². The van der Waals surface area contributed by atoms with Crippen molar-refractivity contribution in [3.05, 3.63) is 0 Å². The van der Waals surface area contributed by atoms with Crippen molar-refractivity contribution in [3.63, 3.8) is 0 Å². The van der Waals surface area contributed by atoms with Gasteiger partial charge < -0.3 is 25.0 Å². The molecule has 0 aromatic rings. The van der Waals surface area contributed by atoms with Crippen LogP contribution in [0.2, 0.25) is 0 Å². The van der Waals surface area contributed by atoms with Crippen molar-refractivity contribution in [1.82, 2.24) is 15.5 Å².